The van der Waals surface area contributed by atoms with E-state index in [1.807, 2.05) is 0 Å². The van der Waals surface area contributed by atoms with Gasteiger partial charge in [-0.1, -0.05) is 36.6 Å². The van der Waals surface area contributed by atoms with Gasteiger partial charge in [-0.2, -0.15) is 13.2 Å². The number of carbonyl (C=O) groups is 2. The van der Waals surface area contributed by atoms with E-state index in [4.69, 9.17) is 16.3 Å². The maximum atomic E-state index is 13.9. The van der Waals surface area contributed by atoms with Crippen molar-refractivity contribution in [1.82, 2.24) is 20.4 Å². The van der Waals surface area contributed by atoms with Crippen LogP contribution in [-0.4, -0.2) is 60.1 Å². The number of hydrogen-bond acceptors (Lipinski definition) is 5. The first-order chi connectivity index (χ1) is 18.2. The van der Waals surface area contributed by atoms with Crippen LogP contribution in [0, 0.1) is 5.92 Å². The molecule has 2 aromatic rings. The summed E-state index contributed by atoms with van der Waals surface area (Å²) in [4.78, 5) is 29.3. The highest BCUT2D eigenvalue weighted by Gasteiger charge is 2.40. The van der Waals surface area contributed by atoms with Crippen molar-refractivity contribution >= 4 is 23.4 Å². The molecule has 0 radical (unpaired) electrons. The molecule has 2 aromatic carbocycles. The Hall–Kier alpha value is -2.82. The molecule has 38 heavy (non-hydrogen) atoms. The molecular formula is C27H30ClF3N4O3. The fourth-order valence-corrected chi connectivity index (χ4v) is 5.70. The molecule has 7 nitrogen and oxygen atoms in total. The van der Waals surface area contributed by atoms with Crippen LogP contribution in [-0.2, 0) is 17.6 Å². The predicted molar refractivity (Wildman–Crippen MR) is 136 cm³/mol. The second kappa shape index (κ2) is 11.1. The molecule has 0 bridgehead atoms. The molecule has 3 atom stereocenters. The Kier molecular flexibility index (Phi) is 7.83. The monoisotopic (exact) mass is 550 g/mol. The molecule has 1 saturated carbocycles. The van der Waals surface area contributed by atoms with Gasteiger partial charge in [0.25, 0.3) is 5.91 Å². The van der Waals surface area contributed by atoms with E-state index in [1.54, 1.807) is 29.2 Å². The zero-order valence-electron chi connectivity index (χ0n) is 20.8. The average Bonchev–Trinajstić information content (AvgIpc) is 2.91. The highest BCUT2D eigenvalue weighted by molar-refractivity contribution is 6.30. The average molecular weight is 551 g/mol. The molecule has 204 valence electrons. The number of carbonyl (C=O) groups excluding carboxylic acids is 2. The van der Waals surface area contributed by atoms with Gasteiger partial charge < -0.3 is 15.0 Å². The van der Waals surface area contributed by atoms with Gasteiger partial charge in [-0.25, -0.2) is 0 Å². The van der Waals surface area contributed by atoms with Crippen molar-refractivity contribution in [3.63, 3.8) is 0 Å². The Morgan fingerprint density at radius 1 is 1.05 bits per heavy atom. The quantitative estimate of drug-likeness (QED) is 0.582. The van der Waals surface area contributed by atoms with Crippen LogP contribution in [0.25, 0.3) is 0 Å². The van der Waals surface area contributed by atoms with E-state index in [0.29, 0.717) is 36.8 Å². The molecular weight excluding hydrogens is 521 g/mol. The van der Waals surface area contributed by atoms with Crippen LogP contribution < -0.4 is 15.4 Å². The predicted octanol–water partition coefficient (Wildman–Crippen LogP) is 4.26. The van der Waals surface area contributed by atoms with Gasteiger partial charge in [-0.3, -0.25) is 19.8 Å². The van der Waals surface area contributed by atoms with Crippen molar-refractivity contribution in [3.8, 4) is 5.75 Å². The number of halogens is 4. The number of fused-ring (bicyclic) bond motifs is 1. The lowest BCUT2D eigenvalue weighted by atomic mass is 9.82. The molecule has 2 aliphatic heterocycles. The van der Waals surface area contributed by atoms with E-state index in [0.717, 1.165) is 31.7 Å². The third-order valence-electron chi connectivity index (χ3n) is 7.54. The van der Waals surface area contributed by atoms with Crippen LogP contribution in [0.2, 0.25) is 5.02 Å². The van der Waals surface area contributed by atoms with Gasteiger partial charge in [0.15, 0.2) is 0 Å². The number of nitrogens with one attached hydrogen (secondary N) is 2. The Balaban J connectivity index is 1.22. The lowest BCUT2D eigenvalue weighted by Gasteiger charge is -2.46. The van der Waals surface area contributed by atoms with Gasteiger partial charge in [0, 0.05) is 42.8 Å². The van der Waals surface area contributed by atoms with E-state index in [9.17, 15) is 22.8 Å². The zero-order valence-corrected chi connectivity index (χ0v) is 21.5. The van der Waals surface area contributed by atoms with Gasteiger partial charge in [0.1, 0.15) is 18.6 Å². The molecule has 2 amide bonds. The minimum Gasteiger partial charge on any atom is -0.488 e. The first-order valence-electron chi connectivity index (χ1n) is 12.9. The lowest BCUT2D eigenvalue weighted by Crippen LogP contribution is -2.69. The minimum atomic E-state index is -4.69. The van der Waals surface area contributed by atoms with Crippen molar-refractivity contribution in [2.45, 2.75) is 50.8 Å². The molecule has 2 saturated heterocycles. The summed E-state index contributed by atoms with van der Waals surface area (Å²) in [6.07, 6.45) is -0.975. The summed E-state index contributed by atoms with van der Waals surface area (Å²) in [5.41, 5.74) is -0.415. The van der Waals surface area contributed by atoms with E-state index in [-0.39, 0.29) is 42.1 Å². The van der Waals surface area contributed by atoms with Crippen LogP contribution in [0.15, 0.2) is 42.5 Å². The summed E-state index contributed by atoms with van der Waals surface area (Å²) in [6.45, 7) is 1.58. The Morgan fingerprint density at radius 3 is 2.55 bits per heavy atom. The van der Waals surface area contributed by atoms with Gasteiger partial charge in [0.05, 0.1) is 11.5 Å². The van der Waals surface area contributed by atoms with Crippen molar-refractivity contribution < 1.29 is 27.5 Å². The van der Waals surface area contributed by atoms with Crippen LogP contribution >= 0.6 is 11.6 Å². The molecule has 2 heterocycles. The number of piperazine rings is 1. The highest BCUT2D eigenvalue weighted by Crippen LogP contribution is 2.37. The van der Waals surface area contributed by atoms with Crippen LogP contribution in [0.1, 0.15) is 47.2 Å². The first-order valence-corrected chi connectivity index (χ1v) is 13.2. The normalized spacial score (nSPS) is 24.5. The first kappa shape index (κ1) is 26.8. The van der Waals surface area contributed by atoms with Crippen molar-refractivity contribution in [1.29, 1.82) is 0 Å². The summed E-state index contributed by atoms with van der Waals surface area (Å²) in [6, 6.07) is 10.3. The van der Waals surface area contributed by atoms with Gasteiger partial charge in [-0.15, -0.1) is 0 Å². The highest BCUT2D eigenvalue weighted by atomic mass is 35.5. The molecule has 1 aliphatic carbocycles. The van der Waals surface area contributed by atoms with E-state index < -0.39 is 17.6 Å². The molecule has 5 rings (SSSR count). The Morgan fingerprint density at radius 2 is 1.82 bits per heavy atom. The summed E-state index contributed by atoms with van der Waals surface area (Å²) in [7, 11) is 0. The van der Waals surface area contributed by atoms with Crippen LogP contribution in [0.3, 0.4) is 0 Å². The summed E-state index contributed by atoms with van der Waals surface area (Å²) >= 11 is 5.94. The lowest BCUT2D eigenvalue weighted by molar-refractivity contribution is -0.139. The third kappa shape index (κ3) is 5.92. The van der Waals surface area contributed by atoms with E-state index in [1.165, 1.54) is 12.1 Å². The fourth-order valence-electron chi connectivity index (χ4n) is 5.49. The number of amides is 2. The standard InChI is InChI=1S/C27H30ClF3N4O3/c28-19-5-3-4-17(14-19)16-38-23-9-8-18(15-21(23)27(29,30)31)25(37)34-10-12-35(13-11-34)26-32-22-7-2-1-6-20(22)24(36)33-26/h3-5,8-9,14-15,20,22,26,32H,1-2,6-7,10-13,16H2,(H,33,36). The van der Waals surface area contributed by atoms with Crippen molar-refractivity contribution in [2.75, 3.05) is 26.2 Å². The fraction of sp³-hybridized carbons (Fsp3) is 0.481. The molecule has 0 spiro atoms. The zero-order chi connectivity index (χ0) is 26.9. The summed E-state index contributed by atoms with van der Waals surface area (Å²) in [5.74, 6) is -0.749. The molecule has 3 fully saturated rings. The van der Waals surface area contributed by atoms with Crippen molar-refractivity contribution in [3.05, 3.63) is 64.2 Å². The largest absolute Gasteiger partial charge is 0.488 e. The minimum absolute atomic E-state index is 0.00291. The molecule has 0 aromatic heterocycles. The van der Waals surface area contributed by atoms with Gasteiger partial charge in [-0.05, 0) is 48.7 Å². The maximum Gasteiger partial charge on any atom is 0.419 e. The number of ether oxygens (including phenoxy) is 1. The number of nitrogens with zero attached hydrogens (tertiary/aromatic N) is 2. The van der Waals surface area contributed by atoms with Crippen molar-refractivity contribution in [2.24, 2.45) is 5.92 Å². The maximum absolute atomic E-state index is 13.9. The second-order valence-electron chi connectivity index (χ2n) is 10.0. The number of benzene rings is 2. The Bertz CT molecular complexity index is 1190. The molecule has 3 unspecified atom stereocenters. The molecule has 11 heteroatoms. The number of rotatable bonds is 5. The summed E-state index contributed by atoms with van der Waals surface area (Å²) < 4.78 is 47.0. The third-order valence-corrected chi connectivity index (χ3v) is 7.77. The topological polar surface area (TPSA) is 73.9 Å². The van der Waals surface area contributed by atoms with E-state index in [2.05, 4.69) is 15.5 Å². The van der Waals surface area contributed by atoms with Crippen LogP contribution in [0.4, 0.5) is 13.2 Å². The number of hydrogen-bond donors (Lipinski definition) is 2. The molecule has 3 aliphatic rings. The van der Waals surface area contributed by atoms with Gasteiger partial charge >= 0.3 is 6.18 Å². The molecule has 2 N–H and O–H groups in total. The summed E-state index contributed by atoms with van der Waals surface area (Å²) in [5, 5.41) is 7.04. The number of alkyl halides is 3. The van der Waals surface area contributed by atoms with E-state index >= 15 is 0 Å². The van der Waals surface area contributed by atoms with Gasteiger partial charge in [0.2, 0.25) is 5.91 Å². The second-order valence-corrected chi connectivity index (χ2v) is 10.5. The SMILES string of the molecule is O=C1NC(N2CCN(C(=O)c3ccc(OCc4cccc(Cl)c4)c(C(F)(F)F)c3)CC2)NC2CCCCC12. The Labute approximate surface area is 224 Å². The smallest absolute Gasteiger partial charge is 0.419 e. The van der Waals surface area contributed by atoms with Crippen LogP contribution in [0.5, 0.6) is 5.75 Å².